The first-order valence-corrected chi connectivity index (χ1v) is 19.9. The van der Waals surface area contributed by atoms with E-state index in [0.717, 1.165) is 7.28 Å². The second kappa shape index (κ2) is 11.2. The fourth-order valence-corrected chi connectivity index (χ4v) is 10.9. The van der Waals surface area contributed by atoms with Gasteiger partial charge in [0.25, 0.3) is 0 Å². The molecule has 12 rings (SSSR count). The van der Waals surface area contributed by atoms with Crippen molar-refractivity contribution in [1.82, 2.24) is 0 Å². The van der Waals surface area contributed by atoms with Crippen LogP contribution in [0.25, 0.3) is 44.5 Å². The molecule has 1 N–H and O–H groups in total. The van der Waals surface area contributed by atoms with E-state index in [-0.39, 0.29) is 10.8 Å². The molecule has 0 bridgehead atoms. The molecule has 0 saturated heterocycles. The van der Waals surface area contributed by atoms with Gasteiger partial charge in [-0.1, -0.05) is 165 Å². The van der Waals surface area contributed by atoms with Gasteiger partial charge in [-0.3, -0.25) is 0 Å². The first-order chi connectivity index (χ1) is 27.4. The Hall–Kier alpha value is -6.58. The summed E-state index contributed by atoms with van der Waals surface area (Å²) in [5.41, 5.74) is 25.5. The third-order valence-electron chi connectivity index (χ3n) is 13.4. The van der Waals surface area contributed by atoms with Crippen LogP contribution in [0, 0.1) is 0 Å². The average Bonchev–Trinajstić information content (AvgIpc) is 3.51. The molecule has 4 aliphatic rings. The molecule has 0 amide bonds. The SMILES string of the molecule is CC1(C)c2ccccc2N2c3cc(-c4ccccc4)cc(-c4ccc(-c5ccccc5)c5c4Nc4cccc6c4C5(C)c4ccccc4-6)c3Bc3cccc1c32. The predicted octanol–water partition coefficient (Wildman–Crippen LogP) is 11.9. The molecular formula is C53H39BN2. The van der Waals surface area contributed by atoms with E-state index in [0.29, 0.717) is 0 Å². The zero-order valence-electron chi connectivity index (χ0n) is 31.8. The van der Waals surface area contributed by atoms with Crippen molar-refractivity contribution in [3.05, 3.63) is 198 Å². The minimum absolute atomic E-state index is 0.120. The van der Waals surface area contributed by atoms with Crippen LogP contribution in [0.4, 0.5) is 28.4 Å². The molecule has 0 radical (unpaired) electrons. The Morgan fingerprint density at radius 3 is 1.95 bits per heavy atom. The van der Waals surface area contributed by atoms with E-state index in [4.69, 9.17) is 0 Å². The Labute approximate surface area is 329 Å². The van der Waals surface area contributed by atoms with Crippen LogP contribution in [0.5, 0.6) is 0 Å². The topological polar surface area (TPSA) is 15.3 Å². The molecule has 56 heavy (non-hydrogen) atoms. The zero-order chi connectivity index (χ0) is 37.3. The maximum Gasteiger partial charge on any atom is 0.198 e. The standard InChI is InChI=1S/C53H39BN2/c1-52(2)41-23-12-13-27-45(41)56-46-31-34(32-16-6-4-7-17-32)30-39(49(46)54-43-25-15-24-42(52)51(43)56)38-29-28-35(33-18-8-5-9-19-33)48-50(38)55-44-26-14-21-37-36-20-10-11-22-40(36)53(48,3)47(37)44/h4-31,54-55H,1-3H3. The summed E-state index contributed by atoms with van der Waals surface area (Å²) in [4.78, 5) is 2.59. The Balaban J connectivity index is 1.20. The molecule has 3 heteroatoms. The van der Waals surface area contributed by atoms with Gasteiger partial charge in [-0.15, -0.1) is 0 Å². The van der Waals surface area contributed by atoms with Crippen molar-refractivity contribution in [2.75, 3.05) is 10.2 Å². The van der Waals surface area contributed by atoms with Gasteiger partial charge in [0.05, 0.1) is 11.4 Å². The van der Waals surface area contributed by atoms with Gasteiger partial charge in [0.15, 0.2) is 7.28 Å². The van der Waals surface area contributed by atoms with Gasteiger partial charge in [0.1, 0.15) is 0 Å². The number of para-hydroxylation sites is 2. The smallest absolute Gasteiger partial charge is 0.198 e. The number of hydrogen-bond acceptors (Lipinski definition) is 2. The number of benzene rings is 8. The van der Waals surface area contributed by atoms with Crippen LogP contribution in [0.2, 0.25) is 0 Å². The predicted molar refractivity (Wildman–Crippen MR) is 237 cm³/mol. The normalized spacial score (nSPS) is 16.9. The van der Waals surface area contributed by atoms with Crippen LogP contribution >= 0.6 is 0 Å². The van der Waals surface area contributed by atoms with E-state index < -0.39 is 0 Å². The third-order valence-corrected chi connectivity index (χ3v) is 13.4. The number of rotatable bonds is 3. The van der Waals surface area contributed by atoms with Crippen molar-refractivity contribution in [2.24, 2.45) is 0 Å². The lowest BCUT2D eigenvalue weighted by Crippen LogP contribution is -2.45. The highest BCUT2D eigenvalue weighted by Gasteiger charge is 2.48. The Kier molecular flexibility index (Phi) is 6.37. The van der Waals surface area contributed by atoms with Crippen LogP contribution in [-0.4, -0.2) is 7.28 Å². The quantitative estimate of drug-likeness (QED) is 0.183. The first-order valence-electron chi connectivity index (χ1n) is 19.9. The van der Waals surface area contributed by atoms with E-state index in [1.165, 1.54) is 112 Å². The van der Waals surface area contributed by atoms with E-state index in [2.05, 4.69) is 201 Å². The zero-order valence-corrected chi connectivity index (χ0v) is 31.8. The van der Waals surface area contributed by atoms with Crippen LogP contribution in [-0.2, 0) is 10.8 Å². The monoisotopic (exact) mass is 714 g/mol. The summed E-state index contributed by atoms with van der Waals surface area (Å²) in [6, 6.07) is 63.6. The van der Waals surface area contributed by atoms with Crippen molar-refractivity contribution in [3.63, 3.8) is 0 Å². The first kappa shape index (κ1) is 31.7. The summed E-state index contributed by atoms with van der Waals surface area (Å²) < 4.78 is 0. The number of nitrogens with zero attached hydrogens (tertiary/aromatic N) is 1. The lowest BCUT2D eigenvalue weighted by Gasteiger charge is -2.46. The fourth-order valence-electron chi connectivity index (χ4n) is 10.9. The molecule has 8 aromatic carbocycles. The number of anilines is 5. The maximum absolute atomic E-state index is 4.13. The number of fused-ring (bicyclic) bond motifs is 9. The molecule has 3 heterocycles. The minimum atomic E-state index is -0.361. The minimum Gasteiger partial charge on any atom is -0.354 e. The molecule has 1 atom stereocenters. The molecule has 1 aliphatic carbocycles. The third kappa shape index (κ3) is 4.07. The summed E-state index contributed by atoms with van der Waals surface area (Å²) in [5, 5.41) is 4.13. The molecule has 0 spiro atoms. The lowest BCUT2D eigenvalue weighted by molar-refractivity contribution is 0.632. The van der Waals surface area contributed by atoms with Crippen molar-refractivity contribution in [2.45, 2.75) is 31.6 Å². The van der Waals surface area contributed by atoms with Gasteiger partial charge in [-0.05, 0) is 103 Å². The van der Waals surface area contributed by atoms with Gasteiger partial charge in [0, 0.05) is 33.5 Å². The molecule has 264 valence electrons. The second-order valence-corrected chi connectivity index (χ2v) is 16.7. The maximum atomic E-state index is 4.13. The number of nitrogens with one attached hydrogen (secondary N) is 1. The molecule has 0 saturated carbocycles. The van der Waals surface area contributed by atoms with Gasteiger partial charge in [-0.25, -0.2) is 0 Å². The van der Waals surface area contributed by atoms with E-state index in [1.54, 1.807) is 0 Å². The summed E-state index contributed by atoms with van der Waals surface area (Å²) in [6.07, 6.45) is 0. The van der Waals surface area contributed by atoms with Gasteiger partial charge < -0.3 is 10.2 Å². The van der Waals surface area contributed by atoms with Crippen molar-refractivity contribution >= 4 is 46.6 Å². The van der Waals surface area contributed by atoms with Gasteiger partial charge >= 0.3 is 0 Å². The number of hydrogen-bond donors (Lipinski definition) is 1. The van der Waals surface area contributed by atoms with Crippen LogP contribution in [0.1, 0.15) is 48.6 Å². The average molecular weight is 715 g/mol. The van der Waals surface area contributed by atoms with Crippen molar-refractivity contribution in [3.8, 4) is 44.5 Å². The van der Waals surface area contributed by atoms with Crippen LogP contribution in [0.15, 0.2) is 170 Å². The summed E-state index contributed by atoms with van der Waals surface area (Å²) in [5.74, 6) is 0. The van der Waals surface area contributed by atoms with Gasteiger partial charge in [-0.2, -0.15) is 0 Å². The molecule has 2 nitrogen and oxygen atoms in total. The Morgan fingerprint density at radius 2 is 1.12 bits per heavy atom. The fraction of sp³-hybridized carbons (Fsp3) is 0.0943. The highest BCUT2D eigenvalue weighted by molar-refractivity contribution is 6.73. The molecule has 8 aromatic rings. The summed E-state index contributed by atoms with van der Waals surface area (Å²) in [6.45, 7) is 7.24. The molecular weight excluding hydrogens is 675 g/mol. The molecule has 0 aromatic heterocycles. The Bertz CT molecular complexity index is 2960. The van der Waals surface area contributed by atoms with E-state index >= 15 is 0 Å². The lowest BCUT2D eigenvalue weighted by atomic mass is 9.55. The highest BCUT2D eigenvalue weighted by Crippen LogP contribution is 2.62. The van der Waals surface area contributed by atoms with Crippen LogP contribution < -0.4 is 21.1 Å². The van der Waals surface area contributed by atoms with Crippen LogP contribution in [0.3, 0.4) is 0 Å². The van der Waals surface area contributed by atoms with Crippen molar-refractivity contribution < 1.29 is 0 Å². The highest BCUT2D eigenvalue weighted by atomic mass is 15.2. The summed E-state index contributed by atoms with van der Waals surface area (Å²) >= 11 is 0. The molecule has 3 aliphatic heterocycles. The Morgan fingerprint density at radius 1 is 0.464 bits per heavy atom. The largest absolute Gasteiger partial charge is 0.354 e. The second-order valence-electron chi connectivity index (χ2n) is 16.7. The van der Waals surface area contributed by atoms with E-state index in [9.17, 15) is 0 Å². The summed E-state index contributed by atoms with van der Waals surface area (Å²) in [7, 11) is 0.855. The van der Waals surface area contributed by atoms with Gasteiger partial charge in [0.2, 0.25) is 0 Å². The van der Waals surface area contributed by atoms with Crippen molar-refractivity contribution in [1.29, 1.82) is 0 Å². The molecule has 0 fully saturated rings. The van der Waals surface area contributed by atoms with E-state index in [1.807, 2.05) is 0 Å². The molecule has 1 unspecified atom stereocenters.